The van der Waals surface area contributed by atoms with Crippen LogP contribution in [0.3, 0.4) is 0 Å². The van der Waals surface area contributed by atoms with Crippen LogP contribution in [0.4, 0.5) is 11.4 Å². The highest BCUT2D eigenvalue weighted by Gasteiger charge is 2.29. The van der Waals surface area contributed by atoms with Gasteiger partial charge in [-0.15, -0.1) is 0 Å². The summed E-state index contributed by atoms with van der Waals surface area (Å²) < 4.78 is 34.5. The van der Waals surface area contributed by atoms with Crippen molar-refractivity contribution in [2.24, 2.45) is 0 Å². The van der Waals surface area contributed by atoms with Gasteiger partial charge in [0.05, 0.1) is 17.7 Å². The van der Waals surface area contributed by atoms with Crippen molar-refractivity contribution in [3.63, 3.8) is 0 Å². The van der Waals surface area contributed by atoms with Gasteiger partial charge in [-0.1, -0.05) is 42.5 Å². The minimum absolute atomic E-state index is 0.0461. The quantitative estimate of drug-likeness (QED) is 0.502. The number of nitrogens with one attached hydrogen (secondary N) is 2. The molecule has 1 heterocycles. The molecule has 3 aromatic rings. The van der Waals surface area contributed by atoms with Crippen molar-refractivity contribution >= 4 is 33.2 Å². The first-order valence-corrected chi connectivity index (χ1v) is 12.7. The molecule has 1 aliphatic rings. The number of amides is 2. The van der Waals surface area contributed by atoms with Gasteiger partial charge >= 0.3 is 0 Å². The van der Waals surface area contributed by atoms with Gasteiger partial charge in [0.15, 0.2) is 0 Å². The van der Waals surface area contributed by atoms with Crippen molar-refractivity contribution < 1.29 is 22.7 Å². The van der Waals surface area contributed by atoms with E-state index in [9.17, 15) is 18.0 Å². The van der Waals surface area contributed by atoms with Crippen molar-refractivity contribution in [3.05, 3.63) is 83.9 Å². The van der Waals surface area contributed by atoms with Gasteiger partial charge in [0, 0.05) is 19.2 Å². The SMILES string of the molecule is COc1ccccc1NC(=O)C(Cc1ccccc1)NS(=O)(=O)c1ccc2c(c1)CCN2C(C)=O. The van der Waals surface area contributed by atoms with E-state index in [0.29, 0.717) is 30.1 Å². The highest BCUT2D eigenvalue weighted by atomic mass is 32.2. The summed E-state index contributed by atoms with van der Waals surface area (Å²) in [6.45, 7) is 2.00. The van der Waals surface area contributed by atoms with E-state index in [2.05, 4.69) is 10.0 Å². The molecule has 182 valence electrons. The van der Waals surface area contributed by atoms with Crippen LogP contribution in [-0.2, 0) is 32.5 Å². The topological polar surface area (TPSA) is 105 Å². The fourth-order valence-electron chi connectivity index (χ4n) is 4.13. The average molecular weight is 494 g/mol. The molecule has 2 amide bonds. The van der Waals surface area contributed by atoms with Crippen LogP contribution in [0, 0.1) is 0 Å². The van der Waals surface area contributed by atoms with E-state index in [1.54, 1.807) is 41.3 Å². The van der Waals surface area contributed by atoms with Crippen LogP contribution in [0.5, 0.6) is 5.75 Å². The van der Waals surface area contributed by atoms with Crippen LogP contribution in [0.25, 0.3) is 0 Å². The van der Waals surface area contributed by atoms with Gasteiger partial charge < -0.3 is 15.0 Å². The maximum Gasteiger partial charge on any atom is 0.243 e. The minimum Gasteiger partial charge on any atom is -0.495 e. The lowest BCUT2D eigenvalue weighted by Crippen LogP contribution is -2.45. The van der Waals surface area contributed by atoms with Gasteiger partial charge in [-0.05, 0) is 54.3 Å². The molecule has 0 aliphatic carbocycles. The lowest BCUT2D eigenvalue weighted by atomic mass is 10.1. The predicted octanol–water partition coefficient (Wildman–Crippen LogP) is 3.13. The summed E-state index contributed by atoms with van der Waals surface area (Å²) in [6.07, 6.45) is 0.726. The van der Waals surface area contributed by atoms with Crippen molar-refractivity contribution in [2.45, 2.75) is 30.7 Å². The number of hydrogen-bond donors (Lipinski definition) is 2. The largest absolute Gasteiger partial charge is 0.495 e. The molecule has 0 saturated heterocycles. The number of fused-ring (bicyclic) bond motifs is 1. The Balaban J connectivity index is 1.61. The second kappa shape index (κ2) is 10.3. The van der Waals surface area contributed by atoms with Crippen LogP contribution in [0.2, 0.25) is 0 Å². The number of ether oxygens (including phenoxy) is 1. The summed E-state index contributed by atoms with van der Waals surface area (Å²) in [5.41, 5.74) is 2.74. The number of para-hydroxylation sites is 2. The standard InChI is InChI=1S/C26H27N3O5S/c1-18(30)29-15-14-20-17-21(12-13-24(20)29)35(32,33)28-23(16-19-8-4-3-5-9-19)26(31)27-22-10-6-7-11-25(22)34-2/h3-13,17,23,28H,14-16H2,1-2H3,(H,27,31). The van der Waals surface area contributed by atoms with Gasteiger partial charge in [-0.2, -0.15) is 4.72 Å². The van der Waals surface area contributed by atoms with Crippen molar-refractivity contribution in [3.8, 4) is 5.75 Å². The summed E-state index contributed by atoms with van der Waals surface area (Å²) in [5.74, 6) is -0.130. The Bertz CT molecular complexity index is 1340. The van der Waals surface area contributed by atoms with E-state index in [1.807, 2.05) is 30.3 Å². The summed E-state index contributed by atoms with van der Waals surface area (Å²) in [6, 6.07) is 19.7. The lowest BCUT2D eigenvalue weighted by Gasteiger charge is -2.20. The Morgan fingerprint density at radius 3 is 2.46 bits per heavy atom. The number of hydrogen-bond acceptors (Lipinski definition) is 5. The zero-order valence-corrected chi connectivity index (χ0v) is 20.3. The monoisotopic (exact) mass is 493 g/mol. The van der Waals surface area contributed by atoms with Crippen LogP contribution in [-0.4, -0.2) is 39.9 Å². The number of anilines is 2. The second-order valence-corrected chi connectivity index (χ2v) is 9.98. The van der Waals surface area contributed by atoms with Gasteiger partial charge in [0.1, 0.15) is 11.8 Å². The van der Waals surface area contributed by atoms with Crippen LogP contribution in [0.1, 0.15) is 18.1 Å². The third-order valence-corrected chi connectivity index (χ3v) is 7.37. The highest BCUT2D eigenvalue weighted by molar-refractivity contribution is 7.89. The van der Waals surface area contributed by atoms with E-state index in [-0.39, 0.29) is 17.2 Å². The zero-order chi connectivity index (χ0) is 25.0. The third-order valence-electron chi connectivity index (χ3n) is 5.90. The number of carbonyl (C=O) groups is 2. The number of rotatable bonds is 8. The molecule has 1 aliphatic heterocycles. The number of methoxy groups -OCH3 is 1. The number of nitrogens with zero attached hydrogens (tertiary/aromatic N) is 1. The van der Waals surface area contributed by atoms with Gasteiger partial charge in [0.2, 0.25) is 21.8 Å². The number of benzene rings is 3. The van der Waals surface area contributed by atoms with E-state index in [4.69, 9.17) is 4.74 Å². The van der Waals surface area contributed by atoms with Crippen LogP contribution < -0.4 is 19.7 Å². The fourth-order valence-corrected chi connectivity index (χ4v) is 5.38. The first kappa shape index (κ1) is 24.4. The first-order chi connectivity index (χ1) is 16.8. The van der Waals surface area contributed by atoms with E-state index in [0.717, 1.165) is 11.1 Å². The molecule has 8 nitrogen and oxygen atoms in total. The van der Waals surface area contributed by atoms with Gasteiger partial charge in [0.25, 0.3) is 0 Å². The molecule has 3 aromatic carbocycles. The van der Waals surface area contributed by atoms with Crippen LogP contribution >= 0.6 is 0 Å². The number of carbonyl (C=O) groups excluding carboxylic acids is 2. The molecule has 0 spiro atoms. The molecule has 0 bridgehead atoms. The molecule has 2 N–H and O–H groups in total. The normalized spacial score (nSPS) is 13.7. The highest BCUT2D eigenvalue weighted by Crippen LogP contribution is 2.30. The maximum absolute atomic E-state index is 13.3. The average Bonchev–Trinajstić information content (AvgIpc) is 3.28. The molecular formula is C26H27N3O5S. The fraction of sp³-hybridized carbons (Fsp3) is 0.231. The molecule has 0 fully saturated rings. The second-order valence-electron chi connectivity index (χ2n) is 8.26. The Hall–Kier alpha value is -3.69. The molecule has 35 heavy (non-hydrogen) atoms. The molecule has 1 unspecified atom stereocenters. The summed E-state index contributed by atoms with van der Waals surface area (Å²) in [5, 5.41) is 2.78. The molecule has 1 atom stereocenters. The van der Waals surface area contributed by atoms with Crippen LogP contribution in [0.15, 0.2) is 77.7 Å². The minimum atomic E-state index is -4.04. The zero-order valence-electron chi connectivity index (χ0n) is 19.5. The molecule has 0 radical (unpaired) electrons. The van der Waals surface area contributed by atoms with Gasteiger partial charge in [-0.25, -0.2) is 8.42 Å². The molecule has 0 saturated carbocycles. The molecular weight excluding hydrogens is 466 g/mol. The van der Waals surface area contributed by atoms with Crippen molar-refractivity contribution in [2.75, 3.05) is 23.9 Å². The molecule has 9 heteroatoms. The Labute approximate surface area is 205 Å². The molecule has 4 rings (SSSR count). The summed E-state index contributed by atoms with van der Waals surface area (Å²) in [7, 11) is -2.54. The Morgan fingerprint density at radius 1 is 1.03 bits per heavy atom. The number of sulfonamides is 1. The summed E-state index contributed by atoms with van der Waals surface area (Å²) >= 11 is 0. The lowest BCUT2D eigenvalue weighted by molar-refractivity contribution is -0.118. The van der Waals surface area contributed by atoms with E-state index in [1.165, 1.54) is 20.1 Å². The maximum atomic E-state index is 13.3. The third kappa shape index (κ3) is 5.52. The summed E-state index contributed by atoms with van der Waals surface area (Å²) in [4.78, 5) is 26.8. The van der Waals surface area contributed by atoms with Gasteiger partial charge in [-0.3, -0.25) is 9.59 Å². The van der Waals surface area contributed by atoms with Crippen molar-refractivity contribution in [1.82, 2.24) is 4.72 Å². The van der Waals surface area contributed by atoms with E-state index >= 15 is 0 Å². The smallest absolute Gasteiger partial charge is 0.243 e. The predicted molar refractivity (Wildman–Crippen MR) is 134 cm³/mol. The Morgan fingerprint density at radius 2 is 1.74 bits per heavy atom. The Kier molecular flexibility index (Phi) is 7.18. The van der Waals surface area contributed by atoms with Crippen molar-refractivity contribution in [1.29, 1.82) is 0 Å². The first-order valence-electron chi connectivity index (χ1n) is 11.2. The molecule has 0 aromatic heterocycles. The van der Waals surface area contributed by atoms with E-state index < -0.39 is 22.0 Å².